The molecule has 0 aliphatic carbocycles. The second-order valence-electron chi connectivity index (χ2n) is 6.85. The molecule has 4 N–H and O–H groups in total. The molecule has 0 aliphatic rings. The van der Waals surface area contributed by atoms with Crippen LogP contribution >= 0.6 is 0 Å². The fraction of sp³-hybridized carbons (Fsp3) is 0.130. The van der Waals surface area contributed by atoms with Gasteiger partial charge in [-0.15, -0.1) is 0 Å². The third kappa shape index (κ3) is 6.08. The van der Waals surface area contributed by atoms with Crippen molar-refractivity contribution in [2.75, 3.05) is 10.6 Å². The van der Waals surface area contributed by atoms with Crippen molar-refractivity contribution in [3.63, 3.8) is 0 Å². The summed E-state index contributed by atoms with van der Waals surface area (Å²) < 4.78 is 38.5. The fourth-order valence-electron chi connectivity index (χ4n) is 2.95. The van der Waals surface area contributed by atoms with E-state index in [1.807, 2.05) is 0 Å². The molecule has 0 aliphatic heterocycles. The Morgan fingerprint density at radius 2 is 1.47 bits per heavy atom. The first kappa shape index (κ1) is 22.8. The average Bonchev–Trinajstić information content (AvgIpc) is 2.77. The Bertz CT molecular complexity index is 1120. The highest BCUT2D eigenvalue weighted by atomic mass is 19.4. The number of hydrogen-bond donors (Lipinski definition) is 4. The van der Waals surface area contributed by atoms with E-state index in [9.17, 15) is 27.9 Å². The summed E-state index contributed by atoms with van der Waals surface area (Å²) in [6.07, 6.45) is -4.52. The van der Waals surface area contributed by atoms with Gasteiger partial charge in [-0.05, 0) is 47.5 Å². The molecule has 0 saturated heterocycles. The van der Waals surface area contributed by atoms with Gasteiger partial charge in [0.15, 0.2) is 0 Å². The maximum absolute atomic E-state index is 12.8. The van der Waals surface area contributed by atoms with Crippen LogP contribution in [0, 0.1) is 0 Å². The van der Waals surface area contributed by atoms with Crippen LogP contribution in [-0.4, -0.2) is 17.0 Å². The number of hydrogen-bond acceptors (Lipinski definition) is 3. The lowest BCUT2D eigenvalue weighted by Gasteiger charge is -2.12. The van der Waals surface area contributed by atoms with Gasteiger partial charge in [0.25, 0.3) is 5.91 Å². The summed E-state index contributed by atoms with van der Waals surface area (Å²) in [6, 6.07) is 16.9. The van der Waals surface area contributed by atoms with Crippen LogP contribution in [0.1, 0.15) is 27.0 Å². The van der Waals surface area contributed by atoms with Crippen LogP contribution in [0.5, 0.6) is 0 Å². The summed E-state index contributed by atoms with van der Waals surface area (Å²) in [5, 5.41) is 17.0. The average molecular weight is 443 g/mol. The lowest BCUT2D eigenvalue weighted by atomic mass is 10.1. The minimum atomic E-state index is -4.52. The highest BCUT2D eigenvalue weighted by molar-refractivity contribution is 6.05. The Kier molecular flexibility index (Phi) is 7.11. The largest absolute Gasteiger partial charge is 0.416 e. The number of carbonyl (C=O) groups is 2. The van der Waals surface area contributed by atoms with Gasteiger partial charge < -0.3 is 21.1 Å². The topological polar surface area (TPSA) is 90.5 Å². The standard InChI is InChI=1S/C23H20F3N3O3/c24-23(25,26)18-8-4-10-20(12-18)28-21(31)15-7-3-9-19(11-15)29-22(32)27-13-16-5-1-2-6-17(16)14-30/h1-12,30H,13-14H2,(H,28,31)(H2,27,29,32). The molecule has 0 spiro atoms. The number of anilines is 2. The van der Waals surface area contributed by atoms with E-state index < -0.39 is 23.7 Å². The number of urea groups is 1. The molecule has 0 atom stereocenters. The van der Waals surface area contributed by atoms with E-state index in [1.165, 1.54) is 30.3 Å². The van der Waals surface area contributed by atoms with Crippen LogP contribution < -0.4 is 16.0 Å². The van der Waals surface area contributed by atoms with Gasteiger partial charge in [0, 0.05) is 23.5 Å². The zero-order valence-corrected chi connectivity index (χ0v) is 16.7. The molecular weight excluding hydrogens is 423 g/mol. The second kappa shape index (κ2) is 9.97. The number of benzene rings is 3. The summed E-state index contributed by atoms with van der Waals surface area (Å²) in [4.78, 5) is 24.6. The number of halogens is 3. The molecule has 3 amide bonds. The molecule has 0 aromatic heterocycles. The van der Waals surface area contributed by atoms with Crippen LogP contribution in [0.4, 0.5) is 29.3 Å². The van der Waals surface area contributed by atoms with E-state index in [-0.39, 0.29) is 24.4 Å². The normalized spacial score (nSPS) is 11.0. The Labute approximate surface area is 182 Å². The van der Waals surface area contributed by atoms with E-state index in [1.54, 1.807) is 30.3 Å². The van der Waals surface area contributed by atoms with Crippen LogP contribution in [0.3, 0.4) is 0 Å². The Morgan fingerprint density at radius 1 is 0.812 bits per heavy atom. The molecule has 6 nitrogen and oxygen atoms in total. The monoisotopic (exact) mass is 443 g/mol. The number of amides is 3. The van der Waals surface area contributed by atoms with Crippen molar-refractivity contribution in [3.05, 3.63) is 95.1 Å². The molecule has 9 heteroatoms. The Morgan fingerprint density at radius 3 is 2.16 bits per heavy atom. The zero-order valence-electron chi connectivity index (χ0n) is 16.7. The van der Waals surface area contributed by atoms with Gasteiger partial charge in [-0.25, -0.2) is 4.79 Å². The lowest BCUT2D eigenvalue weighted by molar-refractivity contribution is -0.137. The van der Waals surface area contributed by atoms with Crippen molar-refractivity contribution in [2.45, 2.75) is 19.3 Å². The molecular formula is C23H20F3N3O3. The summed E-state index contributed by atoms with van der Waals surface area (Å²) in [6.45, 7) is 0.0425. The van der Waals surface area contributed by atoms with Crippen molar-refractivity contribution >= 4 is 23.3 Å². The minimum absolute atomic E-state index is 0.00322. The maximum Gasteiger partial charge on any atom is 0.416 e. The number of nitrogens with one attached hydrogen (secondary N) is 3. The van der Waals surface area contributed by atoms with Crippen molar-refractivity contribution in [1.29, 1.82) is 0 Å². The zero-order chi connectivity index (χ0) is 23.1. The van der Waals surface area contributed by atoms with Crippen molar-refractivity contribution in [3.8, 4) is 0 Å². The van der Waals surface area contributed by atoms with E-state index in [0.717, 1.165) is 17.7 Å². The second-order valence-corrected chi connectivity index (χ2v) is 6.85. The molecule has 3 rings (SSSR count). The van der Waals surface area contributed by atoms with Crippen molar-refractivity contribution in [1.82, 2.24) is 5.32 Å². The Balaban J connectivity index is 1.62. The highest BCUT2D eigenvalue weighted by Gasteiger charge is 2.30. The molecule has 0 radical (unpaired) electrons. The van der Waals surface area contributed by atoms with E-state index in [4.69, 9.17) is 0 Å². The van der Waals surface area contributed by atoms with E-state index in [0.29, 0.717) is 11.3 Å². The first-order chi connectivity index (χ1) is 15.3. The number of aliphatic hydroxyl groups excluding tert-OH is 1. The predicted octanol–water partition coefficient (Wildman–Crippen LogP) is 4.77. The van der Waals surface area contributed by atoms with Gasteiger partial charge in [0.05, 0.1) is 12.2 Å². The number of carbonyl (C=O) groups excluding carboxylic acids is 2. The van der Waals surface area contributed by atoms with Gasteiger partial charge in [-0.1, -0.05) is 36.4 Å². The molecule has 32 heavy (non-hydrogen) atoms. The minimum Gasteiger partial charge on any atom is -0.392 e. The molecule has 3 aromatic carbocycles. The molecule has 0 unspecified atom stereocenters. The molecule has 0 bridgehead atoms. The molecule has 0 fully saturated rings. The van der Waals surface area contributed by atoms with Crippen LogP contribution in [-0.2, 0) is 19.3 Å². The molecule has 0 heterocycles. The van der Waals surface area contributed by atoms with Crippen molar-refractivity contribution < 1.29 is 27.9 Å². The van der Waals surface area contributed by atoms with Crippen molar-refractivity contribution in [2.24, 2.45) is 0 Å². The fourth-order valence-corrected chi connectivity index (χ4v) is 2.95. The SMILES string of the molecule is O=C(NCc1ccccc1CO)Nc1cccc(C(=O)Nc2cccc(C(F)(F)F)c2)c1. The number of rotatable bonds is 6. The molecule has 3 aromatic rings. The van der Waals surface area contributed by atoms with Crippen LogP contribution in [0.15, 0.2) is 72.8 Å². The quantitative estimate of drug-likeness (QED) is 0.442. The van der Waals surface area contributed by atoms with Gasteiger partial charge in [0.1, 0.15) is 0 Å². The maximum atomic E-state index is 12.8. The van der Waals surface area contributed by atoms with E-state index >= 15 is 0 Å². The van der Waals surface area contributed by atoms with Gasteiger partial charge in [-0.2, -0.15) is 13.2 Å². The first-order valence-electron chi connectivity index (χ1n) is 9.57. The van der Waals surface area contributed by atoms with E-state index in [2.05, 4.69) is 16.0 Å². The van der Waals surface area contributed by atoms with Gasteiger partial charge in [0.2, 0.25) is 0 Å². The summed E-state index contributed by atoms with van der Waals surface area (Å²) in [5.74, 6) is -0.620. The lowest BCUT2D eigenvalue weighted by Crippen LogP contribution is -2.28. The third-order valence-corrected chi connectivity index (χ3v) is 4.56. The Hall–Kier alpha value is -3.85. The molecule has 166 valence electrons. The molecule has 0 saturated carbocycles. The predicted molar refractivity (Wildman–Crippen MR) is 114 cm³/mol. The smallest absolute Gasteiger partial charge is 0.392 e. The highest BCUT2D eigenvalue weighted by Crippen LogP contribution is 2.30. The number of alkyl halides is 3. The van der Waals surface area contributed by atoms with Crippen LogP contribution in [0.25, 0.3) is 0 Å². The summed E-state index contributed by atoms with van der Waals surface area (Å²) in [7, 11) is 0. The van der Waals surface area contributed by atoms with Gasteiger partial charge in [-0.3, -0.25) is 4.79 Å². The number of aliphatic hydroxyl groups is 1. The van der Waals surface area contributed by atoms with Crippen LogP contribution in [0.2, 0.25) is 0 Å². The van der Waals surface area contributed by atoms with Gasteiger partial charge >= 0.3 is 12.2 Å². The third-order valence-electron chi connectivity index (χ3n) is 4.56. The summed E-state index contributed by atoms with van der Waals surface area (Å²) in [5.41, 5.74) is 1.08. The summed E-state index contributed by atoms with van der Waals surface area (Å²) >= 11 is 0. The first-order valence-corrected chi connectivity index (χ1v) is 9.57.